The van der Waals surface area contributed by atoms with Crippen LogP contribution >= 0.6 is 34.2 Å². The molecule has 0 N–H and O–H groups in total. The minimum atomic E-state index is 0.540. The Hall–Kier alpha value is 0.0200. The molecule has 0 saturated carbocycles. The Morgan fingerprint density at radius 3 is 2.58 bits per heavy atom. The molecule has 1 aromatic heterocycles. The van der Waals surface area contributed by atoms with Crippen molar-refractivity contribution < 1.29 is 9.47 Å². The fourth-order valence-electron chi connectivity index (χ4n) is 1.55. The molecule has 0 spiro atoms. The predicted molar refractivity (Wildman–Crippen MR) is 84.7 cm³/mol. The first-order valence-electron chi connectivity index (χ1n) is 6.32. The molecule has 0 saturated heterocycles. The highest BCUT2D eigenvalue weighted by atomic mass is 127. The van der Waals surface area contributed by atoms with E-state index in [9.17, 15) is 0 Å². The van der Waals surface area contributed by atoms with Gasteiger partial charge < -0.3 is 9.47 Å². The molecule has 19 heavy (non-hydrogen) atoms. The van der Waals surface area contributed by atoms with E-state index >= 15 is 0 Å². The summed E-state index contributed by atoms with van der Waals surface area (Å²) in [5, 5.41) is 0.540. The lowest BCUT2D eigenvalue weighted by Crippen LogP contribution is -2.10. The highest BCUT2D eigenvalue weighted by molar-refractivity contribution is 14.1. The average molecular weight is 399 g/mol. The Kier molecular flexibility index (Phi) is 8.13. The van der Waals surface area contributed by atoms with Crippen LogP contribution in [0.15, 0.2) is 0 Å². The molecule has 0 aliphatic heterocycles. The Labute approximate surface area is 133 Å². The van der Waals surface area contributed by atoms with Gasteiger partial charge in [0, 0.05) is 13.5 Å². The van der Waals surface area contributed by atoms with Crippen molar-refractivity contribution in [2.24, 2.45) is 5.92 Å². The third kappa shape index (κ3) is 6.33. The van der Waals surface area contributed by atoms with Crippen LogP contribution in [-0.4, -0.2) is 36.9 Å². The lowest BCUT2D eigenvalue weighted by molar-refractivity contribution is 0.0716. The van der Waals surface area contributed by atoms with Crippen LogP contribution in [0.25, 0.3) is 0 Å². The van der Waals surface area contributed by atoms with Gasteiger partial charge in [0.1, 0.15) is 11.0 Å². The summed E-state index contributed by atoms with van der Waals surface area (Å²) in [4.78, 5) is 8.87. The van der Waals surface area contributed by atoms with Crippen LogP contribution < -0.4 is 0 Å². The Balaban J connectivity index is 2.61. The molecular weight excluding hydrogens is 379 g/mol. The van der Waals surface area contributed by atoms with Gasteiger partial charge in [-0.25, -0.2) is 9.97 Å². The normalized spacial score (nSPS) is 11.3. The summed E-state index contributed by atoms with van der Waals surface area (Å²) < 4.78 is 11.3. The second-order valence-corrected chi connectivity index (χ2v) is 6.08. The maximum absolute atomic E-state index is 6.15. The molecule has 0 radical (unpaired) electrons. The summed E-state index contributed by atoms with van der Waals surface area (Å²) in [7, 11) is 1.66. The number of aromatic nitrogens is 2. The summed E-state index contributed by atoms with van der Waals surface area (Å²) in [5.74, 6) is 1.30. The zero-order chi connectivity index (χ0) is 14.3. The number of hydrogen-bond acceptors (Lipinski definition) is 4. The van der Waals surface area contributed by atoms with Crippen LogP contribution in [-0.2, 0) is 22.3 Å². The smallest absolute Gasteiger partial charge is 0.146 e. The molecule has 0 unspecified atom stereocenters. The van der Waals surface area contributed by atoms with Crippen molar-refractivity contribution in [3.05, 3.63) is 20.2 Å². The fourth-order valence-corrected chi connectivity index (χ4v) is 2.22. The number of halogens is 2. The van der Waals surface area contributed by atoms with E-state index < -0.39 is 0 Å². The maximum Gasteiger partial charge on any atom is 0.146 e. The Bertz CT molecular complexity index is 402. The summed E-state index contributed by atoms with van der Waals surface area (Å²) in [6, 6.07) is 0. The number of nitrogens with zero attached hydrogens (tertiary/aromatic N) is 2. The molecule has 6 heteroatoms. The van der Waals surface area contributed by atoms with Crippen LogP contribution in [0.2, 0.25) is 5.15 Å². The van der Waals surface area contributed by atoms with Crippen molar-refractivity contribution in [3.8, 4) is 0 Å². The molecule has 0 amide bonds. The van der Waals surface area contributed by atoms with Gasteiger partial charge in [-0.2, -0.15) is 0 Å². The van der Waals surface area contributed by atoms with E-state index in [0.717, 1.165) is 21.5 Å². The zero-order valence-corrected chi connectivity index (χ0v) is 14.5. The monoisotopic (exact) mass is 398 g/mol. The van der Waals surface area contributed by atoms with Crippen LogP contribution in [0.4, 0.5) is 0 Å². The van der Waals surface area contributed by atoms with E-state index in [1.807, 2.05) is 0 Å². The fraction of sp³-hybridized carbons (Fsp3) is 0.692. The van der Waals surface area contributed by atoms with Crippen molar-refractivity contribution in [1.82, 2.24) is 9.97 Å². The second kappa shape index (κ2) is 9.05. The van der Waals surface area contributed by atoms with Crippen molar-refractivity contribution in [2.45, 2.75) is 26.7 Å². The molecular formula is C13H20ClIN2O2. The van der Waals surface area contributed by atoms with E-state index in [1.54, 1.807) is 7.11 Å². The summed E-state index contributed by atoms with van der Waals surface area (Å²) in [6.07, 6.45) is 1.59. The minimum absolute atomic E-state index is 0.540. The molecule has 0 aliphatic carbocycles. The van der Waals surface area contributed by atoms with Crippen LogP contribution in [0.1, 0.15) is 25.4 Å². The van der Waals surface area contributed by atoms with Crippen molar-refractivity contribution in [1.29, 1.82) is 0 Å². The largest absolute Gasteiger partial charge is 0.382 e. The predicted octanol–water partition coefficient (Wildman–Crippen LogP) is 3.14. The van der Waals surface area contributed by atoms with Crippen molar-refractivity contribution >= 4 is 34.2 Å². The molecule has 0 aromatic carbocycles. The van der Waals surface area contributed by atoms with Gasteiger partial charge in [0.2, 0.25) is 0 Å². The van der Waals surface area contributed by atoms with Gasteiger partial charge in [0.25, 0.3) is 0 Å². The van der Waals surface area contributed by atoms with Gasteiger partial charge in [-0.05, 0) is 34.9 Å². The summed E-state index contributed by atoms with van der Waals surface area (Å²) >= 11 is 8.35. The quantitative estimate of drug-likeness (QED) is 0.383. The van der Waals surface area contributed by atoms with Gasteiger partial charge in [0.15, 0.2) is 0 Å². The first-order chi connectivity index (χ1) is 9.04. The van der Waals surface area contributed by atoms with Gasteiger partial charge in [0.05, 0.1) is 29.1 Å². The lowest BCUT2D eigenvalue weighted by Gasteiger charge is -2.10. The molecule has 0 atom stereocenters. The van der Waals surface area contributed by atoms with Crippen LogP contribution in [0.5, 0.6) is 0 Å². The van der Waals surface area contributed by atoms with Crippen molar-refractivity contribution in [3.63, 3.8) is 0 Å². The molecule has 0 aliphatic rings. The van der Waals surface area contributed by atoms with Crippen molar-refractivity contribution in [2.75, 3.05) is 26.9 Å². The molecule has 108 valence electrons. The molecule has 0 bridgehead atoms. The molecule has 0 fully saturated rings. The van der Waals surface area contributed by atoms with Gasteiger partial charge in [-0.1, -0.05) is 25.4 Å². The van der Waals surface area contributed by atoms with E-state index in [0.29, 0.717) is 37.3 Å². The maximum atomic E-state index is 6.15. The molecule has 1 rings (SSSR count). The van der Waals surface area contributed by atoms with E-state index in [4.69, 9.17) is 21.1 Å². The van der Waals surface area contributed by atoms with Gasteiger partial charge >= 0.3 is 0 Å². The number of hydrogen-bond donors (Lipinski definition) is 0. The second-order valence-electron chi connectivity index (χ2n) is 4.64. The molecule has 1 heterocycles. The van der Waals surface area contributed by atoms with E-state index in [-0.39, 0.29) is 0 Å². The van der Waals surface area contributed by atoms with Crippen LogP contribution in [0, 0.1) is 9.49 Å². The first-order valence-corrected chi connectivity index (χ1v) is 7.77. The number of methoxy groups -OCH3 is 1. The van der Waals surface area contributed by atoms with E-state index in [2.05, 4.69) is 46.4 Å². The van der Waals surface area contributed by atoms with Gasteiger partial charge in [-0.3, -0.25) is 0 Å². The number of rotatable bonds is 8. The topological polar surface area (TPSA) is 44.2 Å². The third-order valence-electron chi connectivity index (χ3n) is 2.43. The molecule has 4 nitrogen and oxygen atoms in total. The lowest BCUT2D eigenvalue weighted by atomic mass is 10.1. The SMILES string of the molecule is COCCOCCc1nc(Cl)c(I)c(CC(C)C)n1. The first kappa shape index (κ1) is 17.1. The van der Waals surface area contributed by atoms with E-state index in [1.165, 1.54) is 0 Å². The third-order valence-corrected chi connectivity index (χ3v) is 4.15. The zero-order valence-electron chi connectivity index (χ0n) is 11.6. The number of ether oxygens (including phenoxy) is 2. The Morgan fingerprint density at radius 2 is 1.95 bits per heavy atom. The highest BCUT2D eigenvalue weighted by Crippen LogP contribution is 2.21. The Morgan fingerprint density at radius 1 is 1.21 bits per heavy atom. The summed E-state index contributed by atoms with van der Waals surface area (Å²) in [6.45, 7) is 6.11. The van der Waals surface area contributed by atoms with Crippen LogP contribution in [0.3, 0.4) is 0 Å². The standard InChI is InChI=1S/C13H20ClIN2O2/c1-9(2)8-10-12(15)13(14)17-11(16-10)4-5-19-7-6-18-3/h9H,4-8H2,1-3H3. The summed E-state index contributed by atoms with van der Waals surface area (Å²) in [5.41, 5.74) is 1.03. The highest BCUT2D eigenvalue weighted by Gasteiger charge is 2.12. The molecule has 1 aromatic rings. The average Bonchev–Trinajstić information content (AvgIpc) is 2.34. The minimum Gasteiger partial charge on any atom is -0.382 e. The van der Waals surface area contributed by atoms with Gasteiger partial charge in [-0.15, -0.1) is 0 Å².